The van der Waals surface area contributed by atoms with Gasteiger partial charge in [0.25, 0.3) is 5.91 Å². The summed E-state index contributed by atoms with van der Waals surface area (Å²) >= 11 is 0. The molecule has 2 N–H and O–H groups in total. The minimum atomic E-state index is -3.61. The van der Waals surface area contributed by atoms with Gasteiger partial charge in [-0.15, -0.1) is 0 Å². The van der Waals surface area contributed by atoms with Crippen molar-refractivity contribution in [1.82, 2.24) is 4.31 Å². The molecule has 0 aliphatic carbocycles. The van der Waals surface area contributed by atoms with Crippen molar-refractivity contribution in [3.63, 3.8) is 0 Å². The molecule has 0 bridgehead atoms. The minimum Gasteiger partial charge on any atom is -0.452 e. The Balaban J connectivity index is 1.49. The van der Waals surface area contributed by atoms with Gasteiger partial charge < -0.3 is 15.4 Å². The van der Waals surface area contributed by atoms with Gasteiger partial charge in [-0.05, 0) is 63.1 Å². The third kappa shape index (κ3) is 6.42. The molecule has 1 heterocycles. The largest absolute Gasteiger partial charge is 0.452 e. The zero-order valence-electron chi connectivity index (χ0n) is 19.4. The van der Waals surface area contributed by atoms with Crippen LogP contribution in [-0.2, 0) is 29.1 Å². The van der Waals surface area contributed by atoms with Gasteiger partial charge in [-0.2, -0.15) is 4.31 Å². The summed E-state index contributed by atoms with van der Waals surface area (Å²) in [5.41, 5.74) is 2.07. The maximum absolute atomic E-state index is 12.8. The van der Waals surface area contributed by atoms with E-state index in [0.717, 1.165) is 5.56 Å². The number of aryl methyl sites for hydroxylation is 1. The Morgan fingerprint density at radius 3 is 2.00 bits per heavy atom. The highest BCUT2D eigenvalue weighted by atomic mass is 32.2. The molecular formula is C24H29N3O6S. The summed E-state index contributed by atoms with van der Waals surface area (Å²) in [6.45, 7) is 5.18. The van der Waals surface area contributed by atoms with Gasteiger partial charge in [-0.25, -0.2) is 8.42 Å². The Hall–Kier alpha value is -3.24. The molecular weight excluding hydrogens is 458 g/mol. The molecule has 1 aliphatic heterocycles. The average Bonchev–Trinajstić information content (AvgIpc) is 2.80. The molecule has 1 fully saturated rings. The number of nitrogens with one attached hydrogen (secondary N) is 2. The Kier molecular flexibility index (Phi) is 8.06. The molecule has 0 saturated carbocycles. The average molecular weight is 488 g/mol. The number of sulfonamides is 1. The second-order valence-electron chi connectivity index (χ2n) is 8.32. The second kappa shape index (κ2) is 10.8. The summed E-state index contributed by atoms with van der Waals surface area (Å²) < 4.78 is 32.4. The van der Waals surface area contributed by atoms with E-state index >= 15 is 0 Å². The van der Waals surface area contributed by atoms with Crippen LogP contribution in [0.2, 0.25) is 0 Å². The van der Waals surface area contributed by atoms with Crippen LogP contribution in [0.25, 0.3) is 0 Å². The van der Waals surface area contributed by atoms with E-state index in [1.165, 1.54) is 18.2 Å². The molecule has 0 spiro atoms. The van der Waals surface area contributed by atoms with Crippen molar-refractivity contribution >= 4 is 39.2 Å². The molecule has 0 aromatic heterocycles. The summed E-state index contributed by atoms with van der Waals surface area (Å²) in [6.07, 6.45) is -0.372. The van der Waals surface area contributed by atoms with Crippen LogP contribution in [0.5, 0.6) is 0 Å². The number of anilines is 2. The van der Waals surface area contributed by atoms with Crippen LogP contribution < -0.4 is 10.6 Å². The van der Waals surface area contributed by atoms with Crippen LogP contribution in [0.3, 0.4) is 0 Å². The summed E-state index contributed by atoms with van der Waals surface area (Å²) in [6, 6.07) is 13.2. The number of amides is 2. The van der Waals surface area contributed by atoms with Crippen molar-refractivity contribution in [2.45, 2.75) is 44.6 Å². The van der Waals surface area contributed by atoms with Gasteiger partial charge in [-0.3, -0.25) is 14.4 Å². The van der Waals surface area contributed by atoms with E-state index in [2.05, 4.69) is 10.6 Å². The number of carbonyl (C=O) groups is 3. The van der Waals surface area contributed by atoms with E-state index < -0.39 is 33.9 Å². The van der Waals surface area contributed by atoms with Gasteiger partial charge in [0, 0.05) is 31.4 Å². The topological polar surface area (TPSA) is 122 Å². The number of carbonyl (C=O) groups excluding carboxylic acids is 3. The predicted molar refractivity (Wildman–Crippen MR) is 128 cm³/mol. The quantitative estimate of drug-likeness (QED) is 0.579. The van der Waals surface area contributed by atoms with E-state index in [1.54, 1.807) is 48.5 Å². The molecule has 2 aromatic rings. The van der Waals surface area contributed by atoms with Crippen LogP contribution in [0.15, 0.2) is 53.4 Å². The first-order valence-electron chi connectivity index (χ1n) is 11.0. The van der Waals surface area contributed by atoms with Crippen molar-refractivity contribution in [2.24, 2.45) is 5.92 Å². The van der Waals surface area contributed by atoms with E-state index in [0.29, 0.717) is 24.2 Å². The molecule has 3 rings (SSSR count). The first-order chi connectivity index (χ1) is 16.1. The zero-order valence-corrected chi connectivity index (χ0v) is 20.2. The third-order valence-corrected chi connectivity index (χ3v) is 7.49. The molecule has 10 heteroatoms. The first-order valence-corrected chi connectivity index (χ1v) is 12.5. The summed E-state index contributed by atoms with van der Waals surface area (Å²) in [5.74, 6) is -1.68. The predicted octanol–water partition coefficient (Wildman–Crippen LogP) is 2.92. The molecule has 2 amide bonds. The lowest BCUT2D eigenvalue weighted by molar-refractivity contribution is -0.158. The van der Waals surface area contributed by atoms with Gasteiger partial charge in [0.15, 0.2) is 6.10 Å². The zero-order chi connectivity index (χ0) is 24.9. The molecule has 1 atom stereocenters. The summed E-state index contributed by atoms with van der Waals surface area (Å²) in [7, 11) is -3.61. The van der Waals surface area contributed by atoms with E-state index in [-0.39, 0.29) is 23.9 Å². The second-order valence-corrected chi connectivity index (χ2v) is 10.3. The Labute approximate surface area is 199 Å². The molecule has 1 aliphatic rings. The molecule has 2 aromatic carbocycles. The molecule has 182 valence electrons. The molecule has 34 heavy (non-hydrogen) atoms. The number of rotatable bonds is 7. The standard InChI is InChI=1S/C24H29N3O6S/c1-16-4-10-22(11-5-16)34(31,32)27-14-12-19(13-15-27)24(30)33-17(2)23(29)26-21-8-6-20(7-9-21)25-18(3)28/h4-11,17,19H,12-15H2,1-3H3,(H,25,28)(H,26,29). The molecule has 1 saturated heterocycles. The number of hydrogen-bond donors (Lipinski definition) is 2. The smallest absolute Gasteiger partial charge is 0.309 e. The van der Waals surface area contributed by atoms with Gasteiger partial charge in [0.1, 0.15) is 0 Å². The monoisotopic (exact) mass is 487 g/mol. The summed E-state index contributed by atoms with van der Waals surface area (Å²) in [4.78, 5) is 36.3. The Morgan fingerprint density at radius 1 is 0.941 bits per heavy atom. The first kappa shape index (κ1) is 25.4. The highest BCUT2D eigenvalue weighted by Gasteiger charge is 2.34. The van der Waals surface area contributed by atoms with Crippen molar-refractivity contribution in [2.75, 3.05) is 23.7 Å². The van der Waals surface area contributed by atoms with Gasteiger partial charge in [0.05, 0.1) is 10.8 Å². The highest BCUT2D eigenvalue weighted by Crippen LogP contribution is 2.25. The third-order valence-electron chi connectivity index (χ3n) is 5.58. The number of esters is 1. The number of hydrogen-bond acceptors (Lipinski definition) is 6. The molecule has 0 radical (unpaired) electrons. The Bertz CT molecular complexity index is 1140. The molecule has 9 nitrogen and oxygen atoms in total. The highest BCUT2D eigenvalue weighted by molar-refractivity contribution is 7.89. The normalized spacial score (nSPS) is 15.9. The number of nitrogens with zero attached hydrogens (tertiary/aromatic N) is 1. The Morgan fingerprint density at radius 2 is 1.47 bits per heavy atom. The lowest BCUT2D eigenvalue weighted by atomic mass is 9.98. The van der Waals surface area contributed by atoms with E-state index in [9.17, 15) is 22.8 Å². The lowest BCUT2D eigenvalue weighted by Crippen LogP contribution is -2.41. The van der Waals surface area contributed by atoms with Gasteiger partial charge >= 0.3 is 5.97 Å². The van der Waals surface area contributed by atoms with Crippen LogP contribution >= 0.6 is 0 Å². The number of benzene rings is 2. The SMILES string of the molecule is CC(=O)Nc1ccc(NC(=O)C(C)OC(=O)C2CCN(S(=O)(=O)c3ccc(C)cc3)CC2)cc1. The van der Waals surface area contributed by atoms with Crippen LogP contribution in [0, 0.1) is 12.8 Å². The maximum Gasteiger partial charge on any atom is 0.309 e. The fourth-order valence-corrected chi connectivity index (χ4v) is 5.07. The van der Waals surface area contributed by atoms with Gasteiger partial charge in [0.2, 0.25) is 15.9 Å². The van der Waals surface area contributed by atoms with Crippen molar-refractivity contribution in [3.8, 4) is 0 Å². The van der Waals surface area contributed by atoms with E-state index in [4.69, 9.17) is 4.74 Å². The number of ether oxygens (including phenoxy) is 1. The molecule has 1 unspecified atom stereocenters. The fraction of sp³-hybridized carbons (Fsp3) is 0.375. The maximum atomic E-state index is 12.8. The minimum absolute atomic E-state index is 0.198. The van der Waals surface area contributed by atoms with Crippen molar-refractivity contribution < 1.29 is 27.5 Å². The van der Waals surface area contributed by atoms with Gasteiger partial charge in [-0.1, -0.05) is 17.7 Å². The van der Waals surface area contributed by atoms with Crippen LogP contribution in [-0.4, -0.2) is 49.7 Å². The summed E-state index contributed by atoms with van der Waals surface area (Å²) in [5, 5.41) is 5.30. The van der Waals surface area contributed by atoms with Crippen LogP contribution in [0.1, 0.15) is 32.3 Å². The fourth-order valence-electron chi connectivity index (χ4n) is 3.60. The van der Waals surface area contributed by atoms with E-state index in [1.807, 2.05) is 6.92 Å². The van der Waals surface area contributed by atoms with Crippen LogP contribution in [0.4, 0.5) is 11.4 Å². The number of piperidine rings is 1. The van der Waals surface area contributed by atoms with Crippen molar-refractivity contribution in [3.05, 3.63) is 54.1 Å². The lowest BCUT2D eigenvalue weighted by Gasteiger charge is -2.30. The van der Waals surface area contributed by atoms with Crippen molar-refractivity contribution in [1.29, 1.82) is 0 Å².